The number of carbonyl (C=O) groups is 1. The van der Waals surface area contributed by atoms with Crippen LogP contribution in [-0.4, -0.2) is 24.0 Å². The monoisotopic (exact) mass is 266 g/mol. The molecule has 3 nitrogen and oxygen atoms in total. The van der Waals surface area contributed by atoms with Gasteiger partial charge in [-0.3, -0.25) is 4.79 Å². The van der Waals surface area contributed by atoms with Crippen molar-refractivity contribution in [3.05, 3.63) is 34.9 Å². The highest BCUT2D eigenvalue weighted by Crippen LogP contribution is 2.10. The van der Waals surface area contributed by atoms with Crippen molar-refractivity contribution in [3.8, 4) is 0 Å². The van der Waals surface area contributed by atoms with Crippen molar-refractivity contribution >= 4 is 17.7 Å². The predicted octanol–water partition coefficient (Wildman–Crippen LogP) is 2.00. The fourth-order valence-electron chi connectivity index (χ4n) is 1.73. The summed E-state index contributed by atoms with van der Waals surface area (Å²) in [5, 5.41) is 2.89. The van der Waals surface area contributed by atoms with Gasteiger partial charge in [-0.1, -0.05) is 23.8 Å². The number of carbonyl (C=O) groups excluding carboxylic acids is 1. The lowest BCUT2D eigenvalue weighted by atomic mass is 10.1. The number of nitrogens with two attached hydrogens (primary N) is 1. The third-order valence-electron chi connectivity index (χ3n) is 2.92. The van der Waals surface area contributed by atoms with Crippen LogP contribution >= 0.6 is 11.8 Å². The number of rotatable bonds is 6. The molecule has 0 fully saturated rings. The molecule has 1 atom stereocenters. The highest BCUT2D eigenvalue weighted by atomic mass is 32.2. The molecule has 1 aromatic rings. The molecule has 0 aliphatic heterocycles. The van der Waals surface area contributed by atoms with Crippen LogP contribution in [-0.2, 0) is 11.3 Å². The number of thioether (sulfide) groups is 1. The van der Waals surface area contributed by atoms with Crippen molar-refractivity contribution in [2.75, 3.05) is 12.0 Å². The summed E-state index contributed by atoms with van der Waals surface area (Å²) in [6, 6.07) is 5.83. The zero-order valence-corrected chi connectivity index (χ0v) is 12.1. The van der Waals surface area contributed by atoms with Crippen LogP contribution in [0.1, 0.15) is 23.1 Å². The number of amides is 1. The second kappa shape index (κ2) is 7.44. The highest BCUT2D eigenvalue weighted by molar-refractivity contribution is 7.98. The number of hydrogen-bond acceptors (Lipinski definition) is 3. The molecule has 18 heavy (non-hydrogen) atoms. The van der Waals surface area contributed by atoms with Gasteiger partial charge in [0.2, 0.25) is 5.91 Å². The molecule has 1 rings (SSSR count). The average molecular weight is 266 g/mol. The Hall–Kier alpha value is -1.00. The molecule has 4 heteroatoms. The number of nitrogens with one attached hydrogen (secondary N) is 1. The molecule has 0 aromatic heterocycles. The minimum atomic E-state index is -0.400. The minimum absolute atomic E-state index is 0.0657. The van der Waals surface area contributed by atoms with E-state index in [1.165, 1.54) is 11.1 Å². The quantitative estimate of drug-likeness (QED) is 0.828. The summed E-state index contributed by atoms with van der Waals surface area (Å²) in [6.45, 7) is 4.67. The van der Waals surface area contributed by atoms with Crippen molar-refractivity contribution in [1.29, 1.82) is 0 Å². The van der Waals surface area contributed by atoms with Crippen molar-refractivity contribution in [1.82, 2.24) is 5.32 Å². The summed E-state index contributed by atoms with van der Waals surface area (Å²) in [5.74, 6) is 0.849. The molecule has 0 heterocycles. The van der Waals surface area contributed by atoms with Crippen LogP contribution in [0.2, 0.25) is 0 Å². The van der Waals surface area contributed by atoms with E-state index in [0.717, 1.165) is 17.7 Å². The van der Waals surface area contributed by atoms with E-state index in [2.05, 4.69) is 37.4 Å². The van der Waals surface area contributed by atoms with Crippen LogP contribution in [0.4, 0.5) is 0 Å². The Balaban J connectivity index is 2.47. The molecule has 1 aromatic carbocycles. The fraction of sp³-hybridized carbons (Fsp3) is 0.500. The van der Waals surface area contributed by atoms with Gasteiger partial charge in [0.25, 0.3) is 0 Å². The standard InChI is InChI=1S/C14H22N2OS/c1-10-4-5-12(11(2)8-10)9-16-14(17)13(15)6-7-18-3/h4-5,8,13H,6-7,9,15H2,1-3H3,(H,16,17). The van der Waals surface area contributed by atoms with E-state index in [-0.39, 0.29) is 5.91 Å². The zero-order valence-electron chi connectivity index (χ0n) is 11.3. The fourth-order valence-corrected chi connectivity index (χ4v) is 2.22. The molecule has 0 aliphatic rings. The van der Waals surface area contributed by atoms with E-state index < -0.39 is 6.04 Å². The molecular formula is C14H22N2OS. The van der Waals surface area contributed by atoms with E-state index in [1.807, 2.05) is 6.26 Å². The second-order valence-corrected chi connectivity index (χ2v) is 5.52. The van der Waals surface area contributed by atoms with Crippen LogP contribution in [0.3, 0.4) is 0 Å². The van der Waals surface area contributed by atoms with Crippen molar-refractivity contribution in [3.63, 3.8) is 0 Å². The molecule has 0 spiro atoms. The molecule has 0 radical (unpaired) electrons. The first-order valence-corrected chi connectivity index (χ1v) is 7.52. The molecular weight excluding hydrogens is 244 g/mol. The van der Waals surface area contributed by atoms with Gasteiger partial charge in [-0.25, -0.2) is 0 Å². The van der Waals surface area contributed by atoms with Gasteiger partial charge < -0.3 is 11.1 Å². The summed E-state index contributed by atoms with van der Waals surface area (Å²) < 4.78 is 0. The Bertz CT molecular complexity index is 407. The zero-order chi connectivity index (χ0) is 13.5. The van der Waals surface area contributed by atoms with E-state index >= 15 is 0 Å². The third-order valence-corrected chi connectivity index (χ3v) is 3.56. The summed E-state index contributed by atoms with van der Waals surface area (Å²) in [5.41, 5.74) is 9.39. The predicted molar refractivity (Wildman–Crippen MR) is 78.7 cm³/mol. The summed E-state index contributed by atoms with van der Waals surface area (Å²) in [4.78, 5) is 11.8. The van der Waals surface area contributed by atoms with Gasteiger partial charge >= 0.3 is 0 Å². The van der Waals surface area contributed by atoms with Crippen molar-refractivity contribution in [2.45, 2.75) is 32.9 Å². The lowest BCUT2D eigenvalue weighted by molar-refractivity contribution is -0.122. The van der Waals surface area contributed by atoms with E-state index in [1.54, 1.807) is 11.8 Å². The topological polar surface area (TPSA) is 55.1 Å². The number of aryl methyl sites for hydroxylation is 2. The average Bonchev–Trinajstić information content (AvgIpc) is 2.34. The van der Waals surface area contributed by atoms with Gasteiger partial charge in [-0.05, 0) is 43.4 Å². The molecule has 3 N–H and O–H groups in total. The van der Waals surface area contributed by atoms with E-state index in [4.69, 9.17) is 5.73 Å². The van der Waals surface area contributed by atoms with Gasteiger partial charge in [0.05, 0.1) is 6.04 Å². The Morgan fingerprint density at radius 1 is 1.44 bits per heavy atom. The van der Waals surface area contributed by atoms with Crippen LogP contribution in [0.5, 0.6) is 0 Å². The normalized spacial score (nSPS) is 12.2. The van der Waals surface area contributed by atoms with Crippen LogP contribution in [0, 0.1) is 13.8 Å². The third kappa shape index (κ3) is 4.70. The van der Waals surface area contributed by atoms with Crippen LogP contribution in [0.15, 0.2) is 18.2 Å². The Morgan fingerprint density at radius 2 is 2.17 bits per heavy atom. The molecule has 0 aliphatic carbocycles. The Morgan fingerprint density at radius 3 is 2.78 bits per heavy atom. The lowest BCUT2D eigenvalue weighted by Crippen LogP contribution is -2.40. The van der Waals surface area contributed by atoms with Crippen molar-refractivity contribution < 1.29 is 4.79 Å². The summed E-state index contributed by atoms with van der Waals surface area (Å²) in [7, 11) is 0. The van der Waals surface area contributed by atoms with Gasteiger partial charge in [0.1, 0.15) is 0 Å². The molecule has 100 valence electrons. The maximum absolute atomic E-state index is 11.8. The molecule has 0 saturated heterocycles. The van der Waals surface area contributed by atoms with Gasteiger partial charge in [-0.2, -0.15) is 11.8 Å². The van der Waals surface area contributed by atoms with Crippen molar-refractivity contribution in [2.24, 2.45) is 5.73 Å². The molecule has 1 unspecified atom stereocenters. The SMILES string of the molecule is CSCCC(N)C(=O)NCc1ccc(C)cc1C. The molecule has 0 saturated carbocycles. The van der Waals surface area contributed by atoms with E-state index in [0.29, 0.717) is 6.54 Å². The van der Waals surface area contributed by atoms with Gasteiger partial charge in [0, 0.05) is 6.54 Å². The number of hydrogen-bond donors (Lipinski definition) is 2. The molecule has 0 bridgehead atoms. The Labute approximate surface area is 114 Å². The number of benzene rings is 1. The maximum Gasteiger partial charge on any atom is 0.237 e. The second-order valence-electron chi connectivity index (χ2n) is 4.54. The lowest BCUT2D eigenvalue weighted by Gasteiger charge is -2.13. The first-order valence-electron chi connectivity index (χ1n) is 6.13. The molecule has 1 amide bonds. The maximum atomic E-state index is 11.8. The Kier molecular flexibility index (Phi) is 6.22. The smallest absolute Gasteiger partial charge is 0.237 e. The van der Waals surface area contributed by atoms with Crippen LogP contribution in [0.25, 0.3) is 0 Å². The summed E-state index contributed by atoms with van der Waals surface area (Å²) >= 11 is 1.71. The minimum Gasteiger partial charge on any atom is -0.351 e. The van der Waals surface area contributed by atoms with Gasteiger partial charge in [0.15, 0.2) is 0 Å². The van der Waals surface area contributed by atoms with Gasteiger partial charge in [-0.15, -0.1) is 0 Å². The first kappa shape index (κ1) is 15.1. The van der Waals surface area contributed by atoms with E-state index in [9.17, 15) is 4.79 Å². The highest BCUT2D eigenvalue weighted by Gasteiger charge is 2.12. The van der Waals surface area contributed by atoms with Crippen LogP contribution < -0.4 is 11.1 Å². The summed E-state index contributed by atoms with van der Waals surface area (Å²) in [6.07, 6.45) is 2.74. The first-order chi connectivity index (χ1) is 8.54. The largest absolute Gasteiger partial charge is 0.351 e.